The number of aromatic nitrogens is 1. The van der Waals surface area contributed by atoms with E-state index < -0.39 is 0 Å². The van der Waals surface area contributed by atoms with Gasteiger partial charge in [-0.2, -0.15) is 0 Å². The first-order valence-corrected chi connectivity index (χ1v) is 8.44. The van der Waals surface area contributed by atoms with Crippen LogP contribution in [0.1, 0.15) is 19.3 Å². The van der Waals surface area contributed by atoms with Crippen LogP contribution in [0.3, 0.4) is 0 Å². The molecule has 1 atom stereocenters. The van der Waals surface area contributed by atoms with Gasteiger partial charge < -0.3 is 15.1 Å². The van der Waals surface area contributed by atoms with E-state index >= 15 is 0 Å². The summed E-state index contributed by atoms with van der Waals surface area (Å²) in [4.78, 5) is 21.5. The summed E-state index contributed by atoms with van der Waals surface area (Å²) < 4.78 is 0. The fourth-order valence-corrected chi connectivity index (χ4v) is 4.09. The van der Waals surface area contributed by atoms with Gasteiger partial charge in [-0.05, 0) is 49.9 Å². The van der Waals surface area contributed by atoms with Crippen LogP contribution in [0.5, 0.6) is 0 Å². The smallest absolute Gasteiger partial charge is 0.226 e. The first kappa shape index (κ1) is 19.3. The van der Waals surface area contributed by atoms with Gasteiger partial charge in [-0.3, -0.25) is 4.79 Å². The normalized spacial score (nSPS) is 24.8. The number of carbonyl (C=O) groups excluding carboxylic acids is 1. The largest absolute Gasteiger partial charge is 0.353 e. The summed E-state index contributed by atoms with van der Waals surface area (Å²) in [5.41, 5.74) is 0.348. The van der Waals surface area contributed by atoms with Crippen LogP contribution < -0.4 is 10.2 Å². The molecular formula is C17H26Cl2N4O. The molecule has 1 amide bonds. The molecular weight excluding hydrogens is 347 g/mol. The van der Waals surface area contributed by atoms with Crippen molar-refractivity contribution in [3.63, 3.8) is 0 Å². The van der Waals surface area contributed by atoms with Gasteiger partial charge >= 0.3 is 0 Å². The van der Waals surface area contributed by atoms with Gasteiger partial charge in [0.1, 0.15) is 5.82 Å². The molecule has 7 heteroatoms. The van der Waals surface area contributed by atoms with Crippen molar-refractivity contribution in [1.29, 1.82) is 0 Å². The van der Waals surface area contributed by atoms with Crippen molar-refractivity contribution < 1.29 is 4.79 Å². The van der Waals surface area contributed by atoms with Crippen molar-refractivity contribution in [3.8, 4) is 0 Å². The Hall–Kier alpha value is -1.04. The molecule has 134 valence electrons. The van der Waals surface area contributed by atoms with E-state index in [-0.39, 0.29) is 24.8 Å². The number of nitrogens with zero attached hydrogens (tertiary/aromatic N) is 3. The third kappa shape index (κ3) is 3.63. The molecule has 2 saturated heterocycles. The molecule has 1 aliphatic carbocycles. The summed E-state index contributed by atoms with van der Waals surface area (Å²) in [5, 5.41) is 3.40. The minimum absolute atomic E-state index is 0. The maximum atomic E-state index is 12.7. The Kier molecular flexibility index (Phi) is 6.34. The second kappa shape index (κ2) is 7.89. The summed E-state index contributed by atoms with van der Waals surface area (Å²) in [6.45, 7) is 5.61. The lowest BCUT2D eigenvalue weighted by molar-refractivity contribution is -0.133. The van der Waals surface area contributed by atoms with Gasteiger partial charge in [0.25, 0.3) is 0 Å². The zero-order chi connectivity index (χ0) is 15.0. The Morgan fingerprint density at radius 3 is 2.46 bits per heavy atom. The number of piperazine rings is 1. The maximum Gasteiger partial charge on any atom is 0.226 e. The van der Waals surface area contributed by atoms with E-state index in [0.29, 0.717) is 17.2 Å². The van der Waals surface area contributed by atoms with Crippen LogP contribution in [0.4, 0.5) is 5.82 Å². The van der Waals surface area contributed by atoms with Crippen LogP contribution >= 0.6 is 24.8 Å². The van der Waals surface area contributed by atoms with E-state index in [1.165, 1.54) is 12.8 Å². The van der Waals surface area contributed by atoms with E-state index in [0.717, 1.165) is 51.5 Å². The molecule has 4 rings (SSSR count). The van der Waals surface area contributed by atoms with Crippen LogP contribution in [0.25, 0.3) is 0 Å². The number of rotatable bonds is 2. The van der Waals surface area contributed by atoms with Crippen molar-refractivity contribution in [3.05, 3.63) is 24.4 Å². The molecule has 1 aromatic rings. The molecule has 2 aliphatic heterocycles. The fraction of sp³-hybridized carbons (Fsp3) is 0.647. The standard InChI is InChI=1S/C17H24N4O.2ClH/c22-16(14-13-17(14)4-7-18-8-5-17)21-11-9-20(10-12-21)15-3-1-2-6-19-15;;/h1-3,6,14,18H,4-5,7-13H2;2*1H. The first-order chi connectivity index (χ1) is 10.8. The zero-order valence-electron chi connectivity index (χ0n) is 13.8. The van der Waals surface area contributed by atoms with Crippen LogP contribution in [-0.2, 0) is 4.79 Å². The molecule has 1 aromatic heterocycles. The van der Waals surface area contributed by atoms with Gasteiger partial charge in [-0.15, -0.1) is 24.8 Å². The van der Waals surface area contributed by atoms with Gasteiger partial charge in [-0.25, -0.2) is 4.98 Å². The minimum Gasteiger partial charge on any atom is -0.353 e. The lowest BCUT2D eigenvalue weighted by Gasteiger charge is -2.36. The van der Waals surface area contributed by atoms with E-state index in [1.54, 1.807) is 0 Å². The van der Waals surface area contributed by atoms with E-state index in [1.807, 2.05) is 24.4 Å². The van der Waals surface area contributed by atoms with Crippen molar-refractivity contribution >= 4 is 36.5 Å². The Labute approximate surface area is 156 Å². The highest BCUT2D eigenvalue weighted by Gasteiger charge is 2.58. The molecule has 1 unspecified atom stereocenters. The molecule has 1 spiro atoms. The molecule has 1 saturated carbocycles. The number of hydrogen-bond acceptors (Lipinski definition) is 4. The van der Waals surface area contributed by atoms with Crippen LogP contribution in [0.15, 0.2) is 24.4 Å². The Bertz CT molecular complexity index is 543. The zero-order valence-corrected chi connectivity index (χ0v) is 15.5. The molecule has 3 heterocycles. The van der Waals surface area contributed by atoms with E-state index in [9.17, 15) is 4.79 Å². The van der Waals surface area contributed by atoms with E-state index in [4.69, 9.17) is 0 Å². The predicted molar refractivity (Wildman–Crippen MR) is 100 cm³/mol. The Morgan fingerprint density at radius 1 is 1.12 bits per heavy atom. The third-order valence-corrected chi connectivity index (χ3v) is 5.65. The molecule has 3 aliphatic rings. The summed E-state index contributed by atoms with van der Waals surface area (Å²) in [5.74, 6) is 1.73. The SMILES string of the molecule is Cl.Cl.O=C(C1CC12CCNCC2)N1CCN(c2ccccn2)CC1. The minimum atomic E-state index is 0. The number of carbonyl (C=O) groups is 1. The summed E-state index contributed by atoms with van der Waals surface area (Å²) in [6.07, 6.45) is 5.31. The van der Waals surface area contributed by atoms with Crippen molar-refractivity contribution in [2.24, 2.45) is 11.3 Å². The summed E-state index contributed by atoms with van der Waals surface area (Å²) >= 11 is 0. The molecule has 0 bridgehead atoms. The number of hydrogen-bond donors (Lipinski definition) is 1. The van der Waals surface area contributed by atoms with Crippen LogP contribution in [-0.4, -0.2) is 55.1 Å². The fourth-order valence-electron chi connectivity index (χ4n) is 4.09. The lowest BCUT2D eigenvalue weighted by atomic mass is 9.91. The average Bonchev–Trinajstić information content (AvgIpc) is 3.29. The first-order valence-electron chi connectivity index (χ1n) is 8.44. The van der Waals surface area contributed by atoms with Gasteiger partial charge in [0.05, 0.1) is 0 Å². The maximum absolute atomic E-state index is 12.7. The number of halogens is 2. The number of piperidine rings is 1. The highest BCUT2D eigenvalue weighted by Crippen LogP contribution is 2.59. The number of anilines is 1. The van der Waals surface area contributed by atoms with Crippen molar-refractivity contribution in [2.45, 2.75) is 19.3 Å². The second-order valence-electron chi connectivity index (χ2n) is 6.87. The second-order valence-corrected chi connectivity index (χ2v) is 6.87. The Morgan fingerprint density at radius 2 is 1.83 bits per heavy atom. The molecule has 1 N–H and O–H groups in total. The predicted octanol–water partition coefficient (Wildman–Crippen LogP) is 1.96. The monoisotopic (exact) mass is 372 g/mol. The number of amides is 1. The molecule has 0 radical (unpaired) electrons. The van der Waals surface area contributed by atoms with Crippen molar-refractivity contribution in [1.82, 2.24) is 15.2 Å². The molecule has 24 heavy (non-hydrogen) atoms. The summed E-state index contributed by atoms with van der Waals surface area (Å²) in [7, 11) is 0. The number of nitrogens with one attached hydrogen (secondary N) is 1. The van der Waals surface area contributed by atoms with E-state index in [2.05, 4.69) is 20.1 Å². The van der Waals surface area contributed by atoms with Crippen LogP contribution in [0.2, 0.25) is 0 Å². The van der Waals surface area contributed by atoms with Gasteiger partial charge in [-0.1, -0.05) is 6.07 Å². The third-order valence-electron chi connectivity index (χ3n) is 5.65. The molecule has 5 nitrogen and oxygen atoms in total. The highest BCUT2D eigenvalue weighted by atomic mass is 35.5. The Balaban J connectivity index is 0.00000104. The number of pyridine rings is 1. The molecule has 0 aromatic carbocycles. The average molecular weight is 373 g/mol. The highest BCUT2D eigenvalue weighted by molar-refractivity contribution is 5.85. The summed E-state index contributed by atoms with van der Waals surface area (Å²) in [6, 6.07) is 6.00. The van der Waals surface area contributed by atoms with Gasteiger partial charge in [0, 0.05) is 38.3 Å². The van der Waals surface area contributed by atoms with Crippen molar-refractivity contribution in [2.75, 3.05) is 44.2 Å². The van der Waals surface area contributed by atoms with Gasteiger partial charge in [0.2, 0.25) is 5.91 Å². The quantitative estimate of drug-likeness (QED) is 0.861. The lowest BCUT2D eigenvalue weighted by Crippen LogP contribution is -2.50. The topological polar surface area (TPSA) is 48.5 Å². The van der Waals surface area contributed by atoms with Crippen LogP contribution in [0, 0.1) is 11.3 Å². The molecule has 3 fully saturated rings. The van der Waals surface area contributed by atoms with Gasteiger partial charge in [0.15, 0.2) is 0 Å².